The molecule has 1 amide bonds. The molecule has 1 aromatic carbocycles. The van der Waals surface area contributed by atoms with Gasteiger partial charge in [-0.15, -0.1) is 0 Å². The second-order valence-corrected chi connectivity index (χ2v) is 5.10. The molecule has 116 valence electrons. The fourth-order valence-electron chi connectivity index (χ4n) is 2.34. The van der Waals surface area contributed by atoms with Crippen molar-refractivity contribution in [3.8, 4) is 6.07 Å². The molecule has 0 spiro atoms. The number of hydrogen-bond acceptors (Lipinski definition) is 5. The molecule has 0 aromatic heterocycles. The third-order valence-corrected chi connectivity index (χ3v) is 3.55. The molecule has 6 heteroatoms. The lowest BCUT2D eigenvalue weighted by atomic mass is 10.0. The maximum atomic E-state index is 12.1. The number of carbonyl (C=O) groups excluding carboxylic acids is 2. The Morgan fingerprint density at radius 1 is 1.45 bits per heavy atom. The smallest absolute Gasteiger partial charge is 0.328 e. The molecule has 0 saturated carbocycles. The van der Waals surface area contributed by atoms with Crippen LogP contribution in [0.1, 0.15) is 24.0 Å². The van der Waals surface area contributed by atoms with Gasteiger partial charge in [0, 0.05) is 13.0 Å². The van der Waals surface area contributed by atoms with Gasteiger partial charge >= 0.3 is 5.97 Å². The molecule has 2 rings (SSSR count). The van der Waals surface area contributed by atoms with E-state index in [1.54, 1.807) is 24.3 Å². The van der Waals surface area contributed by atoms with Gasteiger partial charge in [0.05, 0.1) is 18.7 Å². The number of benzene rings is 1. The number of nitrogens with one attached hydrogen (secondary N) is 1. The minimum absolute atomic E-state index is 0.290. The van der Waals surface area contributed by atoms with Crippen LogP contribution in [0.2, 0.25) is 0 Å². The summed E-state index contributed by atoms with van der Waals surface area (Å²) in [6, 6.07) is 8.12. The summed E-state index contributed by atoms with van der Waals surface area (Å²) in [4.78, 5) is 23.9. The van der Waals surface area contributed by atoms with Crippen molar-refractivity contribution in [2.24, 2.45) is 0 Å². The molecule has 1 aromatic rings. The van der Waals surface area contributed by atoms with Crippen molar-refractivity contribution in [3.63, 3.8) is 0 Å². The first-order chi connectivity index (χ1) is 10.6. The van der Waals surface area contributed by atoms with Gasteiger partial charge in [0.15, 0.2) is 0 Å². The largest absolute Gasteiger partial charge is 0.467 e. The quantitative estimate of drug-likeness (QED) is 0.818. The number of nitrogens with zero attached hydrogens (tertiary/aromatic N) is 1. The van der Waals surface area contributed by atoms with Crippen LogP contribution < -0.4 is 5.32 Å². The molecule has 0 aliphatic carbocycles. The number of carbonyl (C=O) groups is 2. The van der Waals surface area contributed by atoms with Crippen molar-refractivity contribution in [3.05, 3.63) is 35.4 Å². The van der Waals surface area contributed by atoms with Gasteiger partial charge in [0.1, 0.15) is 12.1 Å². The standard InChI is InChI=1S/C16H18N2O4/c1-21-16(20)13(18-15(19)14-3-2-8-22-14)9-11-4-6-12(10-17)7-5-11/h4-7,13-14H,2-3,8-9H2,1H3,(H,18,19)/t13-,14+/m0/s1. The van der Waals surface area contributed by atoms with E-state index in [1.807, 2.05) is 6.07 Å². The first-order valence-corrected chi connectivity index (χ1v) is 7.13. The van der Waals surface area contributed by atoms with E-state index in [0.717, 1.165) is 12.0 Å². The summed E-state index contributed by atoms with van der Waals surface area (Å²) in [7, 11) is 1.28. The van der Waals surface area contributed by atoms with Crippen molar-refractivity contribution in [2.75, 3.05) is 13.7 Å². The van der Waals surface area contributed by atoms with Crippen molar-refractivity contribution >= 4 is 11.9 Å². The Balaban J connectivity index is 2.03. The fourth-order valence-corrected chi connectivity index (χ4v) is 2.34. The summed E-state index contributed by atoms with van der Waals surface area (Å²) in [5.41, 5.74) is 1.38. The van der Waals surface area contributed by atoms with Crippen LogP contribution in [0.5, 0.6) is 0 Å². The van der Waals surface area contributed by atoms with E-state index in [4.69, 9.17) is 14.7 Å². The van der Waals surface area contributed by atoms with Crippen molar-refractivity contribution in [1.82, 2.24) is 5.32 Å². The van der Waals surface area contributed by atoms with Gasteiger partial charge in [-0.1, -0.05) is 12.1 Å². The van der Waals surface area contributed by atoms with Gasteiger partial charge in [0.25, 0.3) is 0 Å². The second-order valence-electron chi connectivity index (χ2n) is 5.10. The van der Waals surface area contributed by atoms with Crippen LogP contribution in [0, 0.1) is 11.3 Å². The Morgan fingerprint density at radius 2 is 2.18 bits per heavy atom. The molecule has 22 heavy (non-hydrogen) atoms. The van der Waals surface area contributed by atoms with E-state index in [0.29, 0.717) is 25.0 Å². The van der Waals surface area contributed by atoms with Gasteiger partial charge in [-0.3, -0.25) is 4.79 Å². The van der Waals surface area contributed by atoms with E-state index in [1.165, 1.54) is 7.11 Å². The molecule has 0 bridgehead atoms. The lowest BCUT2D eigenvalue weighted by molar-refractivity contribution is -0.146. The summed E-state index contributed by atoms with van der Waals surface area (Å²) in [5.74, 6) is -0.794. The molecule has 1 aliphatic rings. The number of hydrogen-bond donors (Lipinski definition) is 1. The van der Waals surface area contributed by atoms with Gasteiger partial charge in [-0.2, -0.15) is 5.26 Å². The number of ether oxygens (including phenoxy) is 2. The first-order valence-electron chi connectivity index (χ1n) is 7.13. The molecule has 1 saturated heterocycles. The zero-order valence-electron chi connectivity index (χ0n) is 12.4. The molecule has 1 N–H and O–H groups in total. The van der Waals surface area contributed by atoms with Crippen LogP contribution in [-0.4, -0.2) is 37.7 Å². The normalized spacial score (nSPS) is 18.3. The highest BCUT2D eigenvalue weighted by Gasteiger charge is 2.28. The third-order valence-electron chi connectivity index (χ3n) is 3.55. The van der Waals surface area contributed by atoms with Gasteiger partial charge in [-0.05, 0) is 30.5 Å². The van der Waals surface area contributed by atoms with Gasteiger partial charge < -0.3 is 14.8 Å². The van der Waals surface area contributed by atoms with E-state index >= 15 is 0 Å². The maximum absolute atomic E-state index is 12.1. The minimum atomic E-state index is -0.769. The molecule has 0 unspecified atom stereocenters. The highest BCUT2D eigenvalue weighted by Crippen LogP contribution is 2.13. The van der Waals surface area contributed by atoms with E-state index in [-0.39, 0.29) is 5.91 Å². The molecule has 6 nitrogen and oxygen atoms in total. The summed E-state index contributed by atoms with van der Waals surface area (Å²) < 4.78 is 10.1. The molecule has 2 atom stereocenters. The van der Waals surface area contributed by atoms with Crippen LogP contribution >= 0.6 is 0 Å². The topological polar surface area (TPSA) is 88.4 Å². The van der Waals surface area contributed by atoms with Gasteiger partial charge in [-0.25, -0.2) is 4.79 Å². The number of methoxy groups -OCH3 is 1. The average Bonchev–Trinajstić information content (AvgIpc) is 3.08. The summed E-state index contributed by atoms with van der Waals surface area (Å²) in [6.07, 6.45) is 1.32. The van der Waals surface area contributed by atoms with E-state index in [9.17, 15) is 9.59 Å². The molecule has 0 radical (unpaired) electrons. The Hall–Kier alpha value is -2.39. The highest BCUT2D eigenvalue weighted by molar-refractivity contribution is 5.87. The second kappa shape index (κ2) is 7.57. The predicted molar refractivity (Wildman–Crippen MR) is 77.8 cm³/mol. The maximum Gasteiger partial charge on any atom is 0.328 e. The van der Waals surface area contributed by atoms with Crippen LogP contribution in [0.15, 0.2) is 24.3 Å². The fraction of sp³-hybridized carbons (Fsp3) is 0.438. The predicted octanol–water partition coefficient (Wildman–Crippen LogP) is 0.938. The zero-order valence-corrected chi connectivity index (χ0v) is 12.4. The van der Waals surface area contributed by atoms with Crippen LogP contribution in [0.3, 0.4) is 0 Å². The van der Waals surface area contributed by atoms with Crippen molar-refractivity contribution < 1.29 is 19.1 Å². The monoisotopic (exact) mass is 302 g/mol. The van der Waals surface area contributed by atoms with Crippen LogP contribution in [-0.2, 0) is 25.5 Å². The summed E-state index contributed by atoms with van der Waals surface area (Å²) in [6.45, 7) is 0.566. The molecule has 1 fully saturated rings. The minimum Gasteiger partial charge on any atom is -0.467 e. The first kappa shape index (κ1) is 16.0. The SMILES string of the molecule is COC(=O)[C@H](Cc1ccc(C#N)cc1)NC(=O)[C@H]1CCCO1. The average molecular weight is 302 g/mol. The van der Waals surface area contributed by atoms with Crippen molar-refractivity contribution in [2.45, 2.75) is 31.4 Å². The number of esters is 1. The Morgan fingerprint density at radius 3 is 2.73 bits per heavy atom. The van der Waals surface area contributed by atoms with Crippen LogP contribution in [0.25, 0.3) is 0 Å². The summed E-state index contributed by atoms with van der Waals surface area (Å²) in [5, 5.41) is 11.5. The Kier molecular flexibility index (Phi) is 5.50. The lowest BCUT2D eigenvalue weighted by Gasteiger charge is -2.18. The summed E-state index contributed by atoms with van der Waals surface area (Å²) >= 11 is 0. The van der Waals surface area contributed by atoms with Crippen molar-refractivity contribution in [1.29, 1.82) is 5.26 Å². The number of amides is 1. The van der Waals surface area contributed by atoms with Crippen LogP contribution in [0.4, 0.5) is 0 Å². The van der Waals surface area contributed by atoms with E-state index in [2.05, 4.69) is 5.32 Å². The number of nitriles is 1. The Labute approximate surface area is 129 Å². The van der Waals surface area contributed by atoms with Gasteiger partial charge in [0.2, 0.25) is 5.91 Å². The molecule has 1 aliphatic heterocycles. The molecular weight excluding hydrogens is 284 g/mol. The van der Waals surface area contributed by atoms with E-state index < -0.39 is 18.1 Å². The number of rotatable bonds is 5. The molecular formula is C16H18N2O4. The molecule has 1 heterocycles. The zero-order chi connectivity index (χ0) is 15.9. The lowest BCUT2D eigenvalue weighted by Crippen LogP contribution is -2.47. The third kappa shape index (κ3) is 4.06. The Bertz CT molecular complexity index is 571. The highest BCUT2D eigenvalue weighted by atomic mass is 16.5.